The summed E-state index contributed by atoms with van der Waals surface area (Å²) in [5.41, 5.74) is -0.239. The van der Waals surface area contributed by atoms with E-state index in [1.165, 1.54) is 0 Å². The van der Waals surface area contributed by atoms with Gasteiger partial charge in [0.25, 0.3) is 0 Å². The minimum Gasteiger partial charge on any atom is -0.496 e. The minimum absolute atomic E-state index is 0.200. The first kappa shape index (κ1) is 12.2. The molecule has 0 heterocycles. The summed E-state index contributed by atoms with van der Waals surface area (Å²) in [6, 6.07) is 2.73. The zero-order valence-corrected chi connectivity index (χ0v) is 8.04. The number of halogens is 3. The van der Waals surface area contributed by atoms with Crippen molar-refractivity contribution in [3.8, 4) is 11.5 Å². The van der Waals surface area contributed by atoms with E-state index in [0.29, 0.717) is 0 Å². The predicted molar refractivity (Wildman–Crippen MR) is 46.6 cm³/mol. The maximum Gasteiger partial charge on any atom is 0.573 e. The van der Waals surface area contributed by atoms with Crippen LogP contribution in [0.2, 0.25) is 0 Å². The van der Waals surface area contributed by atoms with Crippen LogP contribution in [-0.2, 0) is 0 Å². The van der Waals surface area contributed by atoms with Crippen LogP contribution in [-0.4, -0.2) is 24.5 Å². The van der Waals surface area contributed by atoms with E-state index < -0.39 is 18.1 Å². The fraction of sp³-hybridized carbons (Fsp3) is 0.222. The third-order valence-electron chi connectivity index (χ3n) is 1.64. The Bertz CT molecular complexity index is 400. The van der Waals surface area contributed by atoms with Crippen molar-refractivity contribution >= 4 is 5.97 Å². The van der Waals surface area contributed by atoms with Gasteiger partial charge in [-0.3, -0.25) is 0 Å². The van der Waals surface area contributed by atoms with Gasteiger partial charge in [0.05, 0.1) is 7.11 Å². The van der Waals surface area contributed by atoms with Gasteiger partial charge in [0.15, 0.2) is 0 Å². The van der Waals surface area contributed by atoms with Gasteiger partial charge < -0.3 is 14.6 Å². The Balaban J connectivity index is 3.05. The lowest BCUT2D eigenvalue weighted by Gasteiger charge is -2.11. The van der Waals surface area contributed by atoms with Crippen LogP contribution < -0.4 is 9.47 Å². The Morgan fingerprint density at radius 2 is 2.00 bits per heavy atom. The molecule has 1 N–H and O–H groups in total. The maximum atomic E-state index is 11.9. The van der Waals surface area contributed by atoms with E-state index in [4.69, 9.17) is 5.11 Å². The van der Waals surface area contributed by atoms with Gasteiger partial charge in [-0.05, 0) is 12.1 Å². The van der Waals surface area contributed by atoms with Gasteiger partial charge in [-0.15, -0.1) is 13.2 Å². The summed E-state index contributed by atoms with van der Waals surface area (Å²) in [5.74, 6) is -2.03. The second-order valence-electron chi connectivity index (χ2n) is 2.72. The summed E-state index contributed by atoms with van der Waals surface area (Å²) >= 11 is 0. The quantitative estimate of drug-likeness (QED) is 0.874. The monoisotopic (exact) mass is 236 g/mol. The van der Waals surface area contributed by atoms with E-state index in [1.54, 1.807) is 0 Å². The van der Waals surface area contributed by atoms with Gasteiger partial charge in [0, 0.05) is 6.07 Å². The number of hydrogen-bond acceptors (Lipinski definition) is 3. The molecule has 0 amide bonds. The molecule has 0 aliphatic heterocycles. The van der Waals surface area contributed by atoms with Gasteiger partial charge in [-0.1, -0.05) is 0 Å². The van der Waals surface area contributed by atoms with Crippen molar-refractivity contribution in [3.63, 3.8) is 0 Å². The molecule has 0 aliphatic carbocycles. The fourth-order valence-corrected chi connectivity index (χ4v) is 1.05. The number of rotatable bonds is 3. The van der Waals surface area contributed by atoms with E-state index in [1.807, 2.05) is 0 Å². The van der Waals surface area contributed by atoms with Crippen molar-refractivity contribution in [3.05, 3.63) is 23.8 Å². The van der Waals surface area contributed by atoms with Crippen molar-refractivity contribution in [2.45, 2.75) is 6.36 Å². The number of aromatic carboxylic acids is 1. The standard InChI is InChI=1S/C9H7F3O4/c1-15-7-4-5(16-9(10,11)12)2-3-6(7)8(13)14/h2-4H,1H3,(H,13,14). The van der Waals surface area contributed by atoms with Gasteiger partial charge in [0.2, 0.25) is 0 Å². The van der Waals surface area contributed by atoms with E-state index in [2.05, 4.69) is 9.47 Å². The Labute approximate surface area is 88.2 Å². The molecule has 0 radical (unpaired) electrons. The minimum atomic E-state index is -4.82. The lowest BCUT2D eigenvalue weighted by Crippen LogP contribution is -2.17. The molecular formula is C9H7F3O4. The smallest absolute Gasteiger partial charge is 0.496 e. The number of benzene rings is 1. The van der Waals surface area contributed by atoms with E-state index in [9.17, 15) is 18.0 Å². The summed E-state index contributed by atoms with van der Waals surface area (Å²) in [6.45, 7) is 0. The summed E-state index contributed by atoms with van der Waals surface area (Å²) in [7, 11) is 1.15. The molecule has 0 saturated carbocycles. The summed E-state index contributed by atoms with van der Waals surface area (Å²) in [6.07, 6.45) is -4.82. The Kier molecular flexibility index (Phi) is 3.26. The molecule has 16 heavy (non-hydrogen) atoms. The van der Waals surface area contributed by atoms with Crippen LogP contribution >= 0.6 is 0 Å². The first-order valence-electron chi connectivity index (χ1n) is 4.00. The van der Waals surface area contributed by atoms with Crippen LogP contribution in [0.4, 0.5) is 13.2 Å². The van der Waals surface area contributed by atoms with Crippen molar-refractivity contribution < 1.29 is 32.5 Å². The van der Waals surface area contributed by atoms with Crippen molar-refractivity contribution in [1.82, 2.24) is 0 Å². The molecule has 0 aromatic heterocycles. The van der Waals surface area contributed by atoms with Crippen molar-refractivity contribution in [2.24, 2.45) is 0 Å². The number of carbonyl (C=O) groups is 1. The van der Waals surface area contributed by atoms with Crippen LogP contribution in [0, 0.1) is 0 Å². The summed E-state index contributed by atoms with van der Waals surface area (Å²) in [5, 5.41) is 8.68. The topological polar surface area (TPSA) is 55.8 Å². The lowest BCUT2D eigenvalue weighted by molar-refractivity contribution is -0.274. The molecule has 0 saturated heterocycles. The fourth-order valence-electron chi connectivity index (χ4n) is 1.05. The van der Waals surface area contributed by atoms with E-state index in [-0.39, 0.29) is 11.3 Å². The SMILES string of the molecule is COc1cc(OC(F)(F)F)ccc1C(=O)O. The van der Waals surface area contributed by atoms with Crippen molar-refractivity contribution in [2.75, 3.05) is 7.11 Å². The molecule has 0 unspecified atom stereocenters. The third-order valence-corrected chi connectivity index (χ3v) is 1.64. The molecule has 0 bridgehead atoms. The largest absolute Gasteiger partial charge is 0.573 e. The molecule has 88 valence electrons. The number of carboxylic acids is 1. The molecule has 7 heteroatoms. The Hall–Kier alpha value is -1.92. The van der Waals surface area contributed by atoms with Crippen LogP contribution in [0.5, 0.6) is 11.5 Å². The highest BCUT2D eigenvalue weighted by molar-refractivity contribution is 5.91. The lowest BCUT2D eigenvalue weighted by atomic mass is 10.2. The predicted octanol–water partition coefficient (Wildman–Crippen LogP) is 2.29. The Morgan fingerprint density at radius 1 is 1.38 bits per heavy atom. The number of hydrogen-bond donors (Lipinski definition) is 1. The number of methoxy groups -OCH3 is 1. The van der Waals surface area contributed by atoms with Gasteiger partial charge in [-0.2, -0.15) is 0 Å². The first-order chi connectivity index (χ1) is 7.33. The molecule has 1 rings (SSSR count). The van der Waals surface area contributed by atoms with Crippen LogP contribution in [0.15, 0.2) is 18.2 Å². The van der Waals surface area contributed by atoms with Crippen molar-refractivity contribution in [1.29, 1.82) is 0 Å². The van der Waals surface area contributed by atoms with E-state index in [0.717, 1.165) is 25.3 Å². The summed E-state index contributed by atoms with van der Waals surface area (Å²) < 4.78 is 43.8. The molecule has 0 fully saturated rings. The average Bonchev–Trinajstić information content (AvgIpc) is 2.14. The molecule has 0 spiro atoms. The second-order valence-corrected chi connectivity index (χ2v) is 2.72. The first-order valence-corrected chi connectivity index (χ1v) is 4.00. The average molecular weight is 236 g/mol. The van der Waals surface area contributed by atoms with Crippen LogP contribution in [0.1, 0.15) is 10.4 Å². The maximum absolute atomic E-state index is 11.9. The molecule has 1 aromatic rings. The summed E-state index contributed by atoms with van der Waals surface area (Å²) in [4.78, 5) is 10.6. The second kappa shape index (κ2) is 4.30. The van der Waals surface area contributed by atoms with Gasteiger partial charge >= 0.3 is 12.3 Å². The van der Waals surface area contributed by atoms with Gasteiger partial charge in [0.1, 0.15) is 17.1 Å². The molecule has 4 nitrogen and oxygen atoms in total. The number of ether oxygens (including phenoxy) is 2. The highest BCUT2D eigenvalue weighted by Gasteiger charge is 2.31. The Morgan fingerprint density at radius 3 is 2.44 bits per heavy atom. The van der Waals surface area contributed by atoms with Crippen LogP contribution in [0.25, 0.3) is 0 Å². The molecule has 0 aliphatic rings. The zero-order chi connectivity index (χ0) is 12.3. The molecule has 1 aromatic carbocycles. The highest BCUT2D eigenvalue weighted by Crippen LogP contribution is 2.28. The normalized spacial score (nSPS) is 11.0. The number of alkyl halides is 3. The number of carboxylic acid groups (broad SMARTS) is 1. The molecule has 0 atom stereocenters. The zero-order valence-electron chi connectivity index (χ0n) is 8.04. The molecular weight excluding hydrogens is 229 g/mol. The highest BCUT2D eigenvalue weighted by atomic mass is 19.4. The van der Waals surface area contributed by atoms with Gasteiger partial charge in [-0.25, -0.2) is 4.79 Å². The van der Waals surface area contributed by atoms with E-state index >= 15 is 0 Å². The van der Waals surface area contributed by atoms with Crippen LogP contribution in [0.3, 0.4) is 0 Å². The third kappa shape index (κ3) is 3.04.